The van der Waals surface area contributed by atoms with Crippen molar-refractivity contribution in [2.75, 3.05) is 19.6 Å². The summed E-state index contributed by atoms with van der Waals surface area (Å²) in [6.45, 7) is 4.64. The van der Waals surface area contributed by atoms with Gasteiger partial charge in [-0.25, -0.2) is 4.68 Å². The van der Waals surface area contributed by atoms with Crippen LogP contribution in [0.3, 0.4) is 0 Å². The Hall–Kier alpha value is -1.60. The lowest BCUT2D eigenvalue weighted by Gasteiger charge is -2.26. The predicted octanol–water partition coefficient (Wildman–Crippen LogP) is 3.42. The first-order valence-corrected chi connectivity index (χ1v) is 9.05. The number of hydrogen-bond donors (Lipinski definition) is 2. The van der Waals surface area contributed by atoms with Crippen LogP contribution in [0, 0.1) is 12.8 Å². The summed E-state index contributed by atoms with van der Waals surface area (Å²) in [7, 11) is 0. The van der Waals surface area contributed by atoms with E-state index in [1.807, 2.05) is 41.9 Å². The van der Waals surface area contributed by atoms with E-state index < -0.39 is 0 Å². The van der Waals surface area contributed by atoms with Gasteiger partial charge in [-0.3, -0.25) is 4.79 Å². The van der Waals surface area contributed by atoms with Gasteiger partial charge < -0.3 is 10.6 Å². The highest BCUT2D eigenvalue weighted by Crippen LogP contribution is 2.31. The molecule has 2 aromatic heterocycles. The van der Waals surface area contributed by atoms with E-state index in [0.717, 1.165) is 41.2 Å². The maximum Gasteiger partial charge on any atom is 0.261 e. The molecule has 1 aliphatic rings. The molecule has 0 radical (unpaired) electrons. The van der Waals surface area contributed by atoms with Crippen molar-refractivity contribution < 1.29 is 4.79 Å². The summed E-state index contributed by atoms with van der Waals surface area (Å²) in [5.74, 6) is 0.534. The number of halogens is 2. The summed E-state index contributed by atoms with van der Waals surface area (Å²) in [6.07, 6.45) is 0. The normalized spacial score (nSPS) is 14.2. The first-order valence-electron chi connectivity index (χ1n) is 7.86. The minimum absolute atomic E-state index is 0. The van der Waals surface area contributed by atoms with E-state index in [1.165, 1.54) is 11.3 Å². The first-order chi connectivity index (χ1) is 11.6. The van der Waals surface area contributed by atoms with Gasteiger partial charge in [-0.2, -0.15) is 5.10 Å². The summed E-state index contributed by atoms with van der Waals surface area (Å²) < 4.78 is 1.86. The van der Waals surface area contributed by atoms with Gasteiger partial charge in [-0.15, -0.1) is 23.7 Å². The number of amides is 1. The topological polar surface area (TPSA) is 59.0 Å². The Balaban J connectivity index is 0.00000182. The quantitative estimate of drug-likeness (QED) is 0.709. The third kappa shape index (κ3) is 3.53. The number of carbonyl (C=O) groups is 1. The number of aromatic nitrogens is 2. The van der Waals surface area contributed by atoms with Gasteiger partial charge in [0.1, 0.15) is 4.83 Å². The van der Waals surface area contributed by atoms with Crippen molar-refractivity contribution in [3.05, 3.63) is 45.9 Å². The number of benzene rings is 1. The Kier molecular flexibility index (Phi) is 5.34. The van der Waals surface area contributed by atoms with E-state index >= 15 is 0 Å². The zero-order valence-corrected chi connectivity index (χ0v) is 16.0. The number of thiophene rings is 1. The van der Waals surface area contributed by atoms with Gasteiger partial charge in [0, 0.05) is 36.0 Å². The molecule has 3 aromatic rings. The molecule has 0 bridgehead atoms. The van der Waals surface area contributed by atoms with Crippen molar-refractivity contribution >= 4 is 51.5 Å². The second-order valence-electron chi connectivity index (χ2n) is 6.04. The third-order valence-corrected chi connectivity index (χ3v) is 5.58. The van der Waals surface area contributed by atoms with Crippen LogP contribution in [0.15, 0.2) is 30.3 Å². The van der Waals surface area contributed by atoms with Gasteiger partial charge in [-0.05, 0) is 31.2 Å². The lowest BCUT2D eigenvalue weighted by molar-refractivity contribution is 0.0946. The van der Waals surface area contributed by atoms with Crippen LogP contribution in [0.4, 0.5) is 0 Å². The fourth-order valence-electron chi connectivity index (χ4n) is 2.76. The number of nitrogens with one attached hydrogen (secondary N) is 2. The maximum absolute atomic E-state index is 12.4. The number of hydrogen-bond acceptors (Lipinski definition) is 4. The van der Waals surface area contributed by atoms with Crippen LogP contribution >= 0.6 is 35.3 Å². The molecule has 0 spiro atoms. The lowest BCUT2D eigenvalue weighted by Crippen LogP contribution is -2.48. The monoisotopic (exact) mass is 396 g/mol. The fourth-order valence-corrected chi connectivity index (χ4v) is 4.04. The summed E-state index contributed by atoms with van der Waals surface area (Å²) >= 11 is 7.55. The van der Waals surface area contributed by atoms with Crippen LogP contribution in [-0.2, 0) is 0 Å². The van der Waals surface area contributed by atoms with E-state index in [-0.39, 0.29) is 18.3 Å². The predicted molar refractivity (Wildman–Crippen MR) is 105 cm³/mol. The second-order valence-corrected chi connectivity index (χ2v) is 7.51. The van der Waals surface area contributed by atoms with Crippen molar-refractivity contribution in [2.45, 2.75) is 6.92 Å². The molecule has 3 heterocycles. The highest BCUT2D eigenvalue weighted by molar-refractivity contribution is 7.20. The van der Waals surface area contributed by atoms with Crippen molar-refractivity contribution in [1.82, 2.24) is 20.4 Å². The molecule has 1 fully saturated rings. The van der Waals surface area contributed by atoms with Crippen LogP contribution in [0.1, 0.15) is 15.4 Å². The Bertz CT molecular complexity index is 917. The van der Waals surface area contributed by atoms with Gasteiger partial charge >= 0.3 is 0 Å². The molecule has 0 atom stereocenters. The summed E-state index contributed by atoms with van der Waals surface area (Å²) in [4.78, 5) is 14.1. The van der Waals surface area contributed by atoms with Gasteiger partial charge in [-0.1, -0.05) is 17.7 Å². The van der Waals surface area contributed by atoms with E-state index in [4.69, 9.17) is 11.6 Å². The molecule has 132 valence electrons. The summed E-state index contributed by atoms with van der Waals surface area (Å²) in [5.41, 5.74) is 1.80. The highest BCUT2D eigenvalue weighted by Gasteiger charge is 2.20. The molecule has 0 aliphatic carbocycles. The Morgan fingerprint density at radius 2 is 2.24 bits per heavy atom. The summed E-state index contributed by atoms with van der Waals surface area (Å²) in [6, 6.07) is 9.49. The number of aryl methyl sites for hydroxylation is 1. The minimum atomic E-state index is -0.0138. The minimum Gasteiger partial charge on any atom is -0.351 e. The molecule has 4 rings (SSSR count). The van der Waals surface area contributed by atoms with Gasteiger partial charge in [0.15, 0.2) is 0 Å². The average Bonchev–Trinajstić information content (AvgIpc) is 3.07. The van der Waals surface area contributed by atoms with Crippen LogP contribution in [0.25, 0.3) is 15.9 Å². The Labute approximate surface area is 160 Å². The van der Waals surface area contributed by atoms with E-state index in [1.54, 1.807) is 0 Å². The van der Waals surface area contributed by atoms with E-state index in [2.05, 4.69) is 15.7 Å². The van der Waals surface area contributed by atoms with Crippen LogP contribution in [0.2, 0.25) is 5.02 Å². The molecule has 5 nitrogen and oxygen atoms in total. The van der Waals surface area contributed by atoms with Gasteiger partial charge in [0.05, 0.1) is 16.3 Å². The molecule has 1 amide bonds. The standard InChI is InChI=1S/C17H17ClN4OS.ClH/c1-10-14-6-15(16(23)20-9-11-7-19-8-11)24-17(14)22(21-10)13-4-2-3-12(18)5-13;/h2-6,11,19H,7-9H2,1H3,(H,20,23);1H. The Morgan fingerprint density at radius 3 is 2.92 bits per heavy atom. The molecule has 1 aromatic carbocycles. The van der Waals surface area contributed by atoms with Gasteiger partial charge in [0.2, 0.25) is 0 Å². The van der Waals surface area contributed by atoms with Crippen LogP contribution in [0.5, 0.6) is 0 Å². The molecule has 0 saturated carbocycles. The molecular formula is C17H18Cl2N4OS. The molecule has 2 N–H and O–H groups in total. The van der Waals surface area contributed by atoms with Crippen molar-refractivity contribution in [1.29, 1.82) is 0 Å². The average molecular weight is 397 g/mol. The van der Waals surface area contributed by atoms with Crippen molar-refractivity contribution in [3.63, 3.8) is 0 Å². The fraction of sp³-hybridized carbons (Fsp3) is 0.294. The zero-order valence-electron chi connectivity index (χ0n) is 13.6. The Morgan fingerprint density at radius 1 is 1.44 bits per heavy atom. The smallest absolute Gasteiger partial charge is 0.261 e. The third-order valence-electron chi connectivity index (χ3n) is 4.24. The number of rotatable bonds is 4. The molecule has 25 heavy (non-hydrogen) atoms. The molecular weight excluding hydrogens is 379 g/mol. The highest BCUT2D eigenvalue weighted by atomic mass is 35.5. The summed E-state index contributed by atoms with van der Waals surface area (Å²) in [5, 5.41) is 12.5. The zero-order chi connectivity index (χ0) is 16.7. The second kappa shape index (κ2) is 7.33. The van der Waals surface area contributed by atoms with Crippen LogP contribution < -0.4 is 10.6 Å². The van der Waals surface area contributed by atoms with E-state index in [9.17, 15) is 4.79 Å². The lowest BCUT2D eigenvalue weighted by atomic mass is 10.0. The maximum atomic E-state index is 12.4. The largest absolute Gasteiger partial charge is 0.351 e. The molecule has 1 aliphatic heterocycles. The van der Waals surface area contributed by atoms with Gasteiger partial charge in [0.25, 0.3) is 5.91 Å². The molecule has 0 unspecified atom stereocenters. The number of nitrogens with zero attached hydrogens (tertiary/aromatic N) is 2. The molecule has 8 heteroatoms. The number of carbonyl (C=O) groups excluding carboxylic acids is 1. The molecule has 1 saturated heterocycles. The number of fused-ring (bicyclic) bond motifs is 1. The SMILES string of the molecule is Cc1nn(-c2cccc(Cl)c2)c2sc(C(=O)NCC3CNC3)cc12.Cl. The van der Waals surface area contributed by atoms with E-state index in [0.29, 0.717) is 15.8 Å². The first kappa shape index (κ1) is 18.2. The van der Waals surface area contributed by atoms with Crippen molar-refractivity contribution in [3.8, 4) is 5.69 Å². The van der Waals surface area contributed by atoms with Crippen molar-refractivity contribution in [2.24, 2.45) is 5.92 Å². The van der Waals surface area contributed by atoms with Crippen LogP contribution in [-0.4, -0.2) is 35.3 Å².